The zero-order valence-electron chi connectivity index (χ0n) is 22.8. The second-order valence-electron chi connectivity index (χ2n) is 10.0. The third kappa shape index (κ3) is 5.68. The van der Waals surface area contributed by atoms with Crippen LogP contribution in [0.1, 0.15) is 49.8 Å². The number of aromatic nitrogens is 1. The molecule has 3 aromatic carbocycles. The monoisotopic (exact) mass is 591 g/mol. The molecular weight excluding hydrogens is 566 g/mol. The molecule has 6 rings (SSSR count). The number of anilines is 1. The highest BCUT2D eigenvalue weighted by molar-refractivity contribution is 7.80. The van der Waals surface area contributed by atoms with Crippen molar-refractivity contribution in [3.8, 4) is 22.8 Å². The summed E-state index contributed by atoms with van der Waals surface area (Å²) in [6.45, 7) is 2.02. The van der Waals surface area contributed by atoms with Crippen LogP contribution in [0.2, 0.25) is 0 Å². The van der Waals surface area contributed by atoms with Crippen molar-refractivity contribution in [1.82, 2.24) is 10.3 Å². The van der Waals surface area contributed by atoms with Crippen LogP contribution in [0.5, 0.6) is 11.5 Å². The second kappa shape index (κ2) is 11.4. The third-order valence-electron chi connectivity index (χ3n) is 7.10. The molecule has 2 aromatic heterocycles. The molecule has 1 fully saturated rings. The first-order valence-electron chi connectivity index (χ1n) is 13.3. The fourth-order valence-electron chi connectivity index (χ4n) is 5.02. The normalized spacial score (nSPS) is 16.1. The van der Waals surface area contributed by atoms with Crippen LogP contribution in [-0.4, -0.2) is 32.2 Å². The van der Waals surface area contributed by atoms with Gasteiger partial charge in [-0.25, -0.2) is 9.59 Å². The van der Waals surface area contributed by atoms with Crippen molar-refractivity contribution in [2.45, 2.75) is 19.0 Å². The van der Waals surface area contributed by atoms with Crippen LogP contribution in [0.15, 0.2) is 108 Å². The number of aromatic carboxylic acids is 2. The summed E-state index contributed by atoms with van der Waals surface area (Å²) < 4.78 is 12.3. The van der Waals surface area contributed by atoms with E-state index in [0.717, 1.165) is 28.8 Å². The minimum atomic E-state index is -1.24. The highest BCUT2D eigenvalue weighted by Gasteiger charge is 2.42. The van der Waals surface area contributed by atoms with E-state index in [1.165, 1.54) is 12.1 Å². The molecule has 0 bridgehead atoms. The van der Waals surface area contributed by atoms with Crippen molar-refractivity contribution < 1.29 is 29.0 Å². The van der Waals surface area contributed by atoms with Gasteiger partial charge in [0, 0.05) is 17.4 Å². The summed E-state index contributed by atoms with van der Waals surface area (Å²) >= 11 is 5.80. The van der Waals surface area contributed by atoms with Gasteiger partial charge in [0.15, 0.2) is 5.11 Å². The van der Waals surface area contributed by atoms with Crippen LogP contribution < -0.4 is 15.0 Å². The Morgan fingerprint density at radius 2 is 1.53 bits per heavy atom. The van der Waals surface area contributed by atoms with Crippen LogP contribution >= 0.6 is 12.2 Å². The fraction of sp³-hybridized carbons (Fsp3) is 0.0909. The van der Waals surface area contributed by atoms with Crippen molar-refractivity contribution in [3.63, 3.8) is 0 Å². The molecule has 10 heteroatoms. The lowest BCUT2D eigenvalue weighted by molar-refractivity contribution is 0.0696. The summed E-state index contributed by atoms with van der Waals surface area (Å²) in [4.78, 5) is 29.8. The molecule has 1 saturated heterocycles. The Bertz CT molecular complexity index is 1790. The van der Waals surface area contributed by atoms with Crippen LogP contribution in [0.4, 0.5) is 5.69 Å². The Labute approximate surface area is 252 Å². The molecule has 3 N–H and O–H groups in total. The highest BCUT2D eigenvalue weighted by atomic mass is 32.1. The average molecular weight is 592 g/mol. The van der Waals surface area contributed by atoms with Crippen molar-refractivity contribution in [1.29, 1.82) is 0 Å². The van der Waals surface area contributed by atoms with Gasteiger partial charge < -0.3 is 29.6 Å². The van der Waals surface area contributed by atoms with E-state index < -0.39 is 18.0 Å². The molecular formula is C33H25N3O6S. The number of pyridine rings is 1. The van der Waals surface area contributed by atoms with Crippen molar-refractivity contribution in [2.75, 3.05) is 4.90 Å². The molecule has 5 aromatic rings. The summed E-state index contributed by atoms with van der Waals surface area (Å²) in [5.41, 5.74) is 2.70. The number of hydrogen-bond donors (Lipinski definition) is 3. The van der Waals surface area contributed by atoms with Gasteiger partial charge in [-0.05, 0) is 98.0 Å². The number of carbonyl (C=O) groups is 2. The van der Waals surface area contributed by atoms with E-state index in [1.54, 1.807) is 18.3 Å². The van der Waals surface area contributed by atoms with Gasteiger partial charge >= 0.3 is 11.9 Å². The molecule has 0 amide bonds. The van der Waals surface area contributed by atoms with E-state index in [0.29, 0.717) is 27.9 Å². The van der Waals surface area contributed by atoms with Crippen LogP contribution in [-0.2, 0) is 0 Å². The number of carboxylic acids is 2. The zero-order valence-corrected chi connectivity index (χ0v) is 23.6. The Hall–Kier alpha value is -5.48. The molecule has 9 nitrogen and oxygen atoms in total. The summed E-state index contributed by atoms with van der Waals surface area (Å²) in [7, 11) is 0. The summed E-state index contributed by atoms with van der Waals surface area (Å²) in [5, 5.41) is 22.9. The van der Waals surface area contributed by atoms with E-state index in [1.807, 2.05) is 78.6 Å². The Morgan fingerprint density at radius 3 is 2.14 bits per heavy atom. The first kappa shape index (κ1) is 27.7. The lowest BCUT2D eigenvalue weighted by Gasteiger charge is -2.26. The minimum Gasteiger partial charge on any atom is -0.478 e. The standard InChI is InChI=1S/C33H25N3O6S/c1-19-5-9-24(10-6-19)41-25-11-7-23(8-12-25)36-30(29(35-33(36)43)26-4-2-3-15-34-26)28-14-13-27(42-28)20-16-21(31(37)38)18-22(17-20)32(39)40/h2-18,29-30H,1H3,(H,35,43)(H,37,38)(H,39,40)/t29-,30+/m0/s1. The maximum Gasteiger partial charge on any atom is 0.335 e. The number of nitrogens with zero attached hydrogens (tertiary/aromatic N) is 2. The van der Waals surface area contributed by atoms with Gasteiger partial charge in [-0.3, -0.25) is 4.98 Å². The zero-order chi connectivity index (χ0) is 30.1. The molecule has 214 valence electrons. The van der Waals surface area contributed by atoms with Gasteiger partial charge in [-0.1, -0.05) is 23.8 Å². The van der Waals surface area contributed by atoms with Crippen LogP contribution in [0, 0.1) is 6.92 Å². The third-order valence-corrected chi connectivity index (χ3v) is 7.41. The lowest BCUT2D eigenvalue weighted by atomic mass is 10.0. The van der Waals surface area contributed by atoms with E-state index in [2.05, 4.69) is 10.3 Å². The number of carboxylic acid groups (broad SMARTS) is 2. The molecule has 0 spiro atoms. The van der Waals surface area contributed by atoms with Gasteiger partial charge in [0.2, 0.25) is 0 Å². The molecule has 2 atom stereocenters. The number of ether oxygens (including phenoxy) is 1. The Balaban J connectivity index is 1.37. The fourth-order valence-corrected chi connectivity index (χ4v) is 5.37. The van der Waals surface area contributed by atoms with Crippen LogP contribution in [0.3, 0.4) is 0 Å². The van der Waals surface area contributed by atoms with Crippen molar-refractivity contribution in [2.24, 2.45) is 0 Å². The average Bonchev–Trinajstić information content (AvgIpc) is 3.64. The van der Waals surface area contributed by atoms with Gasteiger partial charge in [0.25, 0.3) is 0 Å². The lowest BCUT2D eigenvalue weighted by Crippen LogP contribution is -2.29. The summed E-state index contributed by atoms with van der Waals surface area (Å²) in [6.07, 6.45) is 1.70. The van der Waals surface area contributed by atoms with E-state index >= 15 is 0 Å². The Morgan fingerprint density at radius 1 is 0.884 bits per heavy atom. The predicted molar refractivity (Wildman–Crippen MR) is 164 cm³/mol. The number of thiocarbonyl (C=S) groups is 1. The number of rotatable bonds is 8. The minimum absolute atomic E-state index is 0.155. The second-order valence-corrected chi connectivity index (χ2v) is 10.4. The predicted octanol–water partition coefficient (Wildman–Crippen LogP) is 7.02. The maximum atomic E-state index is 11.7. The molecule has 43 heavy (non-hydrogen) atoms. The van der Waals surface area contributed by atoms with Crippen LogP contribution in [0.25, 0.3) is 11.3 Å². The van der Waals surface area contributed by atoms with E-state index in [4.69, 9.17) is 21.4 Å². The maximum absolute atomic E-state index is 11.7. The molecule has 1 aliphatic heterocycles. The number of hydrogen-bond acceptors (Lipinski definition) is 6. The Kier molecular flexibility index (Phi) is 7.35. The number of furan rings is 1. The topological polar surface area (TPSA) is 125 Å². The number of nitrogens with one attached hydrogen (secondary N) is 1. The SMILES string of the molecule is Cc1ccc(Oc2ccc(N3C(=S)N[C@@H](c4ccccn4)[C@H]3c3ccc(-c4cc(C(=O)O)cc(C(=O)O)c4)o3)cc2)cc1. The summed E-state index contributed by atoms with van der Waals surface area (Å²) in [6, 6.07) is 27.5. The van der Waals surface area contributed by atoms with Gasteiger partial charge in [0.05, 0.1) is 22.9 Å². The van der Waals surface area contributed by atoms with Crippen molar-refractivity contribution >= 4 is 35.0 Å². The van der Waals surface area contributed by atoms with Gasteiger partial charge in [0.1, 0.15) is 29.1 Å². The molecule has 0 radical (unpaired) electrons. The quantitative estimate of drug-likeness (QED) is 0.162. The molecule has 0 saturated carbocycles. The first-order chi connectivity index (χ1) is 20.8. The summed E-state index contributed by atoms with van der Waals surface area (Å²) in [5.74, 6) is -0.242. The van der Waals surface area contributed by atoms with Gasteiger partial charge in [-0.15, -0.1) is 0 Å². The molecule has 3 heterocycles. The molecule has 0 unspecified atom stereocenters. The van der Waals surface area contributed by atoms with Gasteiger partial charge in [-0.2, -0.15) is 0 Å². The highest BCUT2D eigenvalue weighted by Crippen LogP contribution is 2.43. The first-order valence-corrected chi connectivity index (χ1v) is 13.7. The van der Waals surface area contributed by atoms with E-state index in [-0.39, 0.29) is 17.2 Å². The van der Waals surface area contributed by atoms with Crippen molar-refractivity contribution in [3.05, 3.63) is 131 Å². The number of aryl methyl sites for hydroxylation is 1. The van der Waals surface area contributed by atoms with E-state index in [9.17, 15) is 19.8 Å². The number of benzene rings is 3. The largest absolute Gasteiger partial charge is 0.478 e. The molecule has 1 aliphatic rings. The molecule has 0 aliphatic carbocycles. The smallest absolute Gasteiger partial charge is 0.335 e.